The van der Waals surface area contributed by atoms with Gasteiger partial charge in [-0.1, -0.05) is 26.7 Å². The molecule has 0 aromatic heterocycles. The van der Waals surface area contributed by atoms with Crippen LogP contribution in [0.1, 0.15) is 40.0 Å². The number of hydrogen-bond acceptors (Lipinski definition) is 3. The lowest BCUT2D eigenvalue weighted by molar-refractivity contribution is 0.113. The summed E-state index contributed by atoms with van der Waals surface area (Å²) in [6.45, 7) is 10.2. The normalized spacial score (nSPS) is 19.2. The quantitative estimate of drug-likeness (QED) is 0.309. The first kappa shape index (κ1) is 16.2. The highest BCUT2D eigenvalue weighted by Gasteiger charge is 2.29. The van der Waals surface area contributed by atoms with Crippen molar-refractivity contribution in [2.75, 3.05) is 26.4 Å². The molecule has 0 spiro atoms. The predicted octanol–water partition coefficient (Wildman–Crippen LogP) is 3.59. The zero-order chi connectivity index (χ0) is 13.3. The summed E-state index contributed by atoms with van der Waals surface area (Å²) in [6.07, 6.45) is 4.16. The minimum atomic E-state index is -1.38. The van der Waals surface area contributed by atoms with Crippen molar-refractivity contribution < 1.29 is 13.9 Å². The topological polar surface area (TPSA) is 31.0 Å². The number of hydrogen-bond donors (Lipinski definition) is 0. The summed E-state index contributed by atoms with van der Waals surface area (Å²) < 4.78 is 16.7. The molecule has 0 aromatic rings. The van der Waals surface area contributed by atoms with E-state index in [2.05, 4.69) is 20.8 Å². The van der Waals surface area contributed by atoms with Gasteiger partial charge in [0.25, 0.3) is 0 Å². The fourth-order valence-electron chi connectivity index (χ4n) is 2.39. The Bertz CT molecular complexity index is 203. The lowest BCUT2D eigenvalue weighted by Crippen LogP contribution is -2.36. The number of unbranched alkanes of at least 4 members (excludes halogenated alkanes) is 2. The second kappa shape index (κ2) is 9.07. The highest BCUT2D eigenvalue weighted by atomic mass is 28.4. The van der Waals surface area contributed by atoms with Gasteiger partial charge in [-0.3, -0.25) is 0 Å². The SMILES string of the molecule is CCO[Si](CC)(CC)CCCCCOCC1CO1. The van der Waals surface area contributed by atoms with Gasteiger partial charge in [0.15, 0.2) is 8.32 Å². The minimum Gasteiger partial charge on any atom is -0.417 e. The van der Waals surface area contributed by atoms with Crippen molar-refractivity contribution in [3.8, 4) is 0 Å². The fourth-order valence-corrected chi connectivity index (χ4v) is 5.66. The third-order valence-corrected chi connectivity index (χ3v) is 8.61. The van der Waals surface area contributed by atoms with Crippen molar-refractivity contribution in [3.63, 3.8) is 0 Å². The smallest absolute Gasteiger partial charge is 0.192 e. The van der Waals surface area contributed by atoms with E-state index in [9.17, 15) is 0 Å². The lowest BCUT2D eigenvalue weighted by Gasteiger charge is -2.28. The highest BCUT2D eigenvalue weighted by Crippen LogP contribution is 2.24. The Hall–Kier alpha value is 0.0969. The van der Waals surface area contributed by atoms with E-state index in [0.29, 0.717) is 6.10 Å². The Morgan fingerprint density at radius 3 is 2.39 bits per heavy atom. The Labute approximate surface area is 113 Å². The molecular weight excluding hydrogens is 244 g/mol. The van der Waals surface area contributed by atoms with Crippen LogP contribution in [0.5, 0.6) is 0 Å². The van der Waals surface area contributed by atoms with Gasteiger partial charge in [-0.2, -0.15) is 0 Å². The van der Waals surface area contributed by atoms with Crippen LogP contribution in [0.25, 0.3) is 0 Å². The maximum Gasteiger partial charge on any atom is 0.192 e. The maximum absolute atomic E-state index is 6.09. The molecule has 1 atom stereocenters. The van der Waals surface area contributed by atoms with E-state index in [1.54, 1.807) is 0 Å². The van der Waals surface area contributed by atoms with Gasteiger partial charge in [-0.05, 0) is 31.5 Å². The van der Waals surface area contributed by atoms with Gasteiger partial charge in [-0.25, -0.2) is 0 Å². The van der Waals surface area contributed by atoms with Crippen molar-refractivity contribution in [2.45, 2.75) is 64.3 Å². The van der Waals surface area contributed by atoms with Crippen LogP contribution < -0.4 is 0 Å². The third kappa shape index (κ3) is 6.32. The molecule has 1 fully saturated rings. The van der Waals surface area contributed by atoms with Gasteiger partial charge >= 0.3 is 0 Å². The first-order valence-corrected chi connectivity index (χ1v) is 10.1. The molecule has 0 N–H and O–H groups in total. The average molecular weight is 274 g/mol. The molecule has 1 unspecified atom stereocenters. The molecule has 1 aliphatic heterocycles. The number of rotatable bonds is 12. The van der Waals surface area contributed by atoms with Gasteiger partial charge in [0.1, 0.15) is 6.10 Å². The zero-order valence-corrected chi connectivity index (χ0v) is 13.4. The van der Waals surface area contributed by atoms with Crippen molar-refractivity contribution in [2.24, 2.45) is 0 Å². The van der Waals surface area contributed by atoms with E-state index in [-0.39, 0.29) is 0 Å². The van der Waals surface area contributed by atoms with Crippen molar-refractivity contribution in [3.05, 3.63) is 0 Å². The van der Waals surface area contributed by atoms with Crippen LogP contribution in [0.2, 0.25) is 18.1 Å². The van der Waals surface area contributed by atoms with Gasteiger partial charge in [-0.15, -0.1) is 0 Å². The second-order valence-electron chi connectivity index (χ2n) is 5.16. The van der Waals surface area contributed by atoms with E-state index >= 15 is 0 Å². The molecule has 1 heterocycles. The van der Waals surface area contributed by atoms with E-state index < -0.39 is 8.32 Å². The molecule has 0 bridgehead atoms. The van der Waals surface area contributed by atoms with Crippen LogP contribution in [0, 0.1) is 0 Å². The monoisotopic (exact) mass is 274 g/mol. The van der Waals surface area contributed by atoms with Crippen LogP contribution in [-0.4, -0.2) is 40.8 Å². The van der Waals surface area contributed by atoms with Crippen molar-refractivity contribution in [1.82, 2.24) is 0 Å². The lowest BCUT2D eigenvalue weighted by atomic mass is 10.3. The summed E-state index contributed by atoms with van der Waals surface area (Å²) in [5.41, 5.74) is 0. The molecule has 18 heavy (non-hydrogen) atoms. The summed E-state index contributed by atoms with van der Waals surface area (Å²) in [6, 6.07) is 3.83. The molecule has 1 saturated heterocycles. The van der Waals surface area contributed by atoms with Crippen LogP contribution in [0.4, 0.5) is 0 Å². The first-order chi connectivity index (χ1) is 8.76. The molecule has 3 nitrogen and oxygen atoms in total. The third-order valence-electron chi connectivity index (χ3n) is 3.87. The van der Waals surface area contributed by atoms with Gasteiger partial charge < -0.3 is 13.9 Å². The van der Waals surface area contributed by atoms with E-state index in [1.165, 1.54) is 37.4 Å². The Morgan fingerprint density at radius 1 is 1.11 bits per heavy atom. The molecule has 0 aliphatic carbocycles. The van der Waals surface area contributed by atoms with Crippen LogP contribution in [0.3, 0.4) is 0 Å². The Balaban J connectivity index is 1.99. The second-order valence-corrected chi connectivity index (χ2v) is 9.73. The fraction of sp³-hybridized carbons (Fsp3) is 1.00. The summed E-state index contributed by atoms with van der Waals surface area (Å²) >= 11 is 0. The average Bonchev–Trinajstić information content (AvgIpc) is 3.20. The van der Waals surface area contributed by atoms with E-state index in [0.717, 1.165) is 26.4 Å². The molecule has 108 valence electrons. The molecule has 0 radical (unpaired) electrons. The molecule has 0 saturated carbocycles. The molecule has 0 amide bonds. The molecule has 1 aliphatic rings. The molecule has 1 rings (SSSR count). The molecule has 0 aromatic carbocycles. The van der Waals surface area contributed by atoms with E-state index in [4.69, 9.17) is 13.9 Å². The molecular formula is C14H30O3Si. The summed E-state index contributed by atoms with van der Waals surface area (Å²) in [5.74, 6) is 0. The number of ether oxygens (including phenoxy) is 2. The maximum atomic E-state index is 6.09. The van der Waals surface area contributed by atoms with Crippen molar-refractivity contribution >= 4 is 8.32 Å². The van der Waals surface area contributed by atoms with Gasteiger partial charge in [0, 0.05) is 13.2 Å². The standard InChI is InChI=1S/C14H30O3Si/c1-4-17-18(5-2,6-3)11-9-7-8-10-15-12-14-13-16-14/h14H,4-13H2,1-3H3. The summed E-state index contributed by atoms with van der Waals surface area (Å²) in [4.78, 5) is 0. The Kier molecular flexibility index (Phi) is 8.14. The van der Waals surface area contributed by atoms with Crippen LogP contribution >= 0.6 is 0 Å². The van der Waals surface area contributed by atoms with Gasteiger partial charge in [0.05, 0.1) is 13.2 Å². The minimum absolute atomic E-state index is 0.406. The highest BCUT2D eigenvalue weighted by molar-refractivity contribution is 6.73. The van der Waals surface area contributed by atoms with Crippen LogP contribution in [-0.2, 0) is 13.9 Å². The first-order valence-electron chi connectivity index (χ1n) is 7.59. The van der Waals surface area contributed by atoms with Crippen LogP contribution in [0.15, 0.2) is 0 Å². The van der Waals surface area contributed by atoms with Crippen molar-refractivity contribution in [1.29, 1.82) is 0 Å². The zero-order valence-electron chi connectivity index (χ0n) is 12.4. The largest absolute Gasteiger partial charge is 0.417 e. The summed E-state index contributed by atoms with van der Waals surface area (Å²) in [7, 11) is -1.38. The Morgan fingerprint density at radius 2 is 1.83 bits per heavy atom. The van der Waals surface area contributed by atoms with Gasteiger partial charge in [0.2, 0.25) is 0 Å². The van der Waals surface area contributed by atoms with E-state index in [1.807, 2.05) is 0 Å². The number of epoxide rings is 1. The molecule has 4 heteroatoms. The predicted molar refractivity (Wildman–Crippen MR) is 77.6 cm³/mol. The summed E-state index contributed by atoms with van der Waals surface area (Å²) in [5, 5.41) is 0.